The van der Waals surface area contributed by atoms with Gasteiger partial charge in [0, 0.05) is 29.2 Å². The Morgan fingerprint density at radius 3 is 2.39 bits per heavy atom. The van der Waals surface area contributed by atoms with Gasteiger partial charge >= 0.3 is 12.3 Å². The molecule has 1 amide bonds. The van der Waals surface area contributed by atoms with Crippen LogP contribution in [0.3, 0.4) is 0 Å². The maximum Gasteiger partial charge on any atom is 0.418 e. The number of aromatic nitrogens is 3. The zero-order valence-electron chi connectivity index (χ0n) is 26.5. The number of halogens is 4. The number of rotatable bonds is 6. The van der Waals surface area contributed by atoms with E-state index in [0.29, 0.717) is 11.3 Å². The summed E-state index contributed by atoms with van der Waals surface area (Å²) in [4.78, 5) is 27.7. The van der Waals surface area contributed by atoms with Gasteiger partial charge in [-0.1, -0.05) is 13.3 Å². The SMILES string of the molecule is CCCC(C)N(CC1Nc2nc(C)c(C)c3c(F)c(-c4cc(N)nc(C)c4C(F)(F)F)nc(c23)OC1C)C(=O)OC(C)(C)C. The second-order valence-electron chi connectivity index (χ2n) is 12.4. The predicted molar refractivity (Wildman–Crippen MR) is 161 cm³/mol. The van der Waals surface area contributed by atoms with E-state index in [-0.39, 0.29) is 40.9 Å². The first-order valence-electron chi connectivity index (χ1n) is 14.6. The van der Waals surface area contributed by atoms with Gasteiger partial charge in [-0.3, -0.25) is 0 Å². The third kappa shape index (κ3) is 6.46. The minimum Gasteiger partial charge on any atom is -0.472 e. The van der Waals surface area contributed by atoms with Crippen LogP contribution in [0.2, 0.25) is 0 Å². The number of hydrogen-bond acceptors (Lipinski definition) is 8. The van der Waals surface area contributed by atoms with Crippen molar-refractivity contribution in [1.29, 1.82) is 0 Å². The number of nitrogens with one attached hydrogen (secondary N) is 1. The Kier molecular flexibility index (Phi) is 8.92. The molecule has 0 radical (unpaired) electrons. The van der Waals surface area contributed by atoms with E-state index in [0.717, 1.165) is 25.8 Å². The average molecular weight is 621 g/mol. The number of carbonyl (C=O) groups is 1. The maximum absolute atomic E-state index is 16.5. The number of pyridine rings is 3. The summed E-state index contributed by atoms with van der Waals surface area (Å²) in [5, 5.41) is 3.55. The highest BCUT2D eigenvalue weighted by atomic mass is 19.4. The first-order valence-corrected chi connectivity index (χ1v) is 14.6. The van der Waals surface area contributed by atoms with Crippen LogP contribution in [-0.4, -0.2) is 56.3 Å². The Morgan fingerprint density at radius 2 is 1.80 bits per heavy atom. The van der Waals surface area contributed by atoms with E-state index < -0.39 is 58.3 Å². The molecule has 0 aliphatic carbocycles. The highest BCUT2D eigenvalue weighted by molar-refractivity contribution is 6.01. The van der Waals surface area contributed by atoms with Crippen molar-refractivity contribution in [1.82, 2.24) is 19.9 Å². The molecule has 4 heterocycles. The smallest absolute Gasteiger partial charge is 0.418 e. The molecule has 9 nitrogen and oxygen atoms in total. The molecule has 0 spiro atoms. The molecule has 44 heavy (non-hydrogen) atoms. The minimum atomic E-state index is -4.85. The number of nitrogens with two attached hydrogens (primary N) is 1. The third-order valence-corrected chi connectivity index (χ3v) is 7.74. The van der Waals surface area contributed by atoms with Gasteiger partial charge in [0.2, 0.25) is 5.88 Å². The fourth-order valence-corrected chi connectivity index (χ4v) is 5.50. The molecule has 0 saturated carbocycles. The molecule has 4 rings (SSSR count). The van der Waals surface area contributed by atoms with Crippen LogP contribution in [0.4, 0.5) is 34.0 Å². The van der Waals surface area contributed by atoms with Crippen molar-refractivity contribution >= 4 is 28.5 Å². The second kappa shape index (κ2) is 11.9. The van der Waals surface area contributed by atoms with Gasteiger partial charge < -0.3 is 25.4 Å². The van der Waals surface area contributed by atoms with Gasteiger partial charge in [0.15, 0.2) is 5.82 Å². The van der Waals surface area contributed by atoms with Crippen molar-refractivity contribution in [2.24, 2.45) is 0 Å². The summed E-state index contributed by atoms with van der Waals surface area (Å²) in [6.07, 6.45) is -4.47. The Balaban J connectivity index is 1.89. The van der Waals surface area contributed by atoms with Gasteiger partial charge in [-0.15, -0.1) is 0 Å². The van der Waals surface area contributed by atoms with Gasteiger partial charge in [-0.25, -0.2) is 24.1 Å². The van der Waals surface area contributed by atoms with E-state index in [1.807, 2.05) is 13.8 Å². The van der Waals surface area contributed by atoms with Crippen molar-refractivity contribution in [3.63, 3.8) is 0 Å². The Hall–Kier alpha value is -3.90. The summed E-state index contributed by atoms with van der Waals surface area (Å²) >= 11 is 0. The van der Waals surface area contributed by atoms with E-state index in [9.17, 15) is 18.0 Å². The standard InChI is InChI=1S/C31H40F4N6O3/c1-10-11-14(2)41(29(42)44-30(7,8)9)13-20-18(6)43-28-23-22(15(3)16(4)38-27(23)39-20)25(32)26(40-28)19-12-21(36)37-17(5)24(19)31(33,34)35/h12,14,18,20H,10-11,13H2,1-9H3,(H2,36,37)(H,38,39). The van der Waals surface area contributed by atoms with E-state index in [4.69, 9.17) is 15.2 Å². The van der Waals surface area contributed by atoms with Gasteiger partial charge in [0.1, 0.15) is 29.0 Å². The normalized spacial score (nSPS) is 17.5. The van der Waals surface area contributed by atoms with Crippen LogP contribution in [-0.2, 0) is 10.9 Å². The van der Waals surface area contributed by atoms with Crippen molar-refractivity contribution in [3.05, 3.63) is 34.4 Å². The lowest BCUT2D eigenvalue weighted by Crippen LogP contribution is -2.51. The summed E-state index contributed by atoms with van der Waals surface area (Å²) in [5.74, 6) is -1.01. The van der Waals surface area contributed by atoms with Crippen LogP contribution in [0.1, 0.15) is 76.9 Å². The molecule has 0 fully saturated rings. The Morgan fingerprint density at radius 1 is 1.14 bits per heavy atom. The predicted octanol–water partition coefficient (Wildman–Crippen LogP) is 7.34. The molecule has 3 atom stereocenters. The molecular weight excluding hydrogens is 580 g/mol. The van der Waals surface area contributed by atoms with Gasteiger partial charge in [-0.05, 0) is 73.4 Å². The van der Waals surface area contributed by atoms with E-state index in [1.165, 1.54) is 0 Å². The molecule has 3 aromatic rings. The van der Waals surface area contributed by atoms with Crippen molar-refractivity contribution in [3.8, 4) is 17.1 Å². The van der Waals surface area contributed by atoms with Crippen LogP contribution < -0.4 is 15.8 Å². The number of nitrogen functional groups attached to an aromatic ring is 1. The molecule has 3 unspecified atom stereocenters. The summed E-state index contributed by atoms with van der Waals surface area (Å²) in [6.45, 7) is 15.7. The molecule has 240 valence electrons. The fourth-order valence-electron chi connectivity index (χ4n) is 5.50. The minimum absolute atomic E-state index is 0.0253. The number of amides is 1. The van der Waals surface area contributed by atoms with Gasteiger partial charge in [0.25, 0.3) is 0 Å². The van der Waals surface area contributed by atoms with Crippen LogP contribution in [0.15, 0.2) is 6.07 Å². The largest absolute Gasteiger partial charge is 0.472 e. The van der Waals surface area contributed by atoms with E-state index in [2.05, 4.69) is 20.3 Å². The molecule has 3 N–H and O–H groups in total. The van der Waals surface area contributed by atoms with E-state index >= 15 is 4.39 Å². The second-order valence-corrected chi connectivity index (χ2v) is 12.4. The molecule has 0 aromatic carbocycles. The van der Waals surface area contributed by atoms with Gasteiger partial charge in [-0.2, -0.15) is 13.2 Å². The zero-order chi connectivity index (χ0) is 32.9. The molecular formula is C31H40F4N6O3. The molecule has 0 saturated heterocycles. The topological polar surface area (TPSA) is 115 Å². The number of hydrogen-bond donors (Lipinski definition) is 2. The van der Waals surface area contributed by atoms with Crippen molar-refractivity contribution in [2.45, 2.75) is 105 Å². The zero-order valence-corrected chi connectivity index (χ0v) is 26.5. The Bertz CT molecular complexity index is 1590. The lowest BCUT2D eigenvalue weighted by Gasteiger charge is -2.35. The fraction of sp³-hybridized carbons (Fsp3) is 0.548. The van der Waals surface area contributed by atoms with Crippen LogP contribution in [0, 0.1) is 26.6 Å². The lowest BCUT2D eigenvalue weighted by atomic mass is 9.98. The Labute approximate surface area is 254 Å². The molecule has 1 aliphatic heterocycles. The van der Waals surface area contributed by atoms with E-state index in [1.54, 1.807) is 46.4 Å². The van der Waals surface area contributed by atoms with Crippen LogP contribution >= 0.6 is 0 Å². The lowest BCUT2D eigenvalue weighted by molar-refractivity contribution is -0.137. The maximum atomic E-state index is 16.5. The highest BCUT2D eigenvalue weighted by Gasteiger charge is 2.39. The first kappa shape index (κ1) is 33.0. The average Bonchev–Trinajstić information content (AvgIpc) is 2.99. The summed E-state index contributed by atoms with van der Waals surface area (Å²) in [7, 11) is 0. The summed E-state index contributed by atoms with van der Waals surface area (Å²) in [6, 6.07) is 0.231. The van der Waals surface area contributed by atoms with Crippen LogP contribution in [0.5, 0.6) is 5.88 Å². The third-order valence-electron chi connectivity index (χ3n) is 7.74. The monoisotopic (exact) mass is 620 g/mol. The molecule has 13 heteroatoms. The quantitative estimate of drug-likeness (QED) is 0.275. The van der Waals surface area contributed by atoms with Crippen LogP contribution in [0.25, 0.3) is 22.0 Å². The number of alkyl halides is 3. The summed E-state index contributed by atoms with van der Waals surface area (Å²) < 4.78 is 71.2. The number of anilines is 2. The first-order chi connectivity index (χ1) is 20.3. The summed E-state index contributed by atoms with van der Waals surface area (Å²) in [5.41, 5.74) is 3.35. The van der Waals surface area contributed by atoms with Crippen molar-refractivity contribution in [2.75, 3.05) is 17.6 Å². The molecule has 1 aliphatic rings. The number of ether oxygens (including phenoxy) is 2. The molecule has 0 bridgehead atoms. The van der Waals surface area contributed by atoms with Crippen molar-refractivity contribution < 1.29 is 31.8 Å². The van der Waals surface area contributed by atoms with Gasteiger partial charge in [0.05, 0.1) is 22.7 Å². The molecule has 3 aromatic heterocycles. The highest BCUT2D eigenvalue weighted by Crippen LogP contribution is 2.45. The number of carbonyl (C=O) groups excluding carboxylic acids is 1. The number of nitrogens with zero attached hydrogens (tertiary/aromatic N) is 4. The number of aryl methyl sites for hydroxylation is 3.